The van der Waals surface area contributed by atoms with E-state index in [2.05, 4.69) is 71.0 Å². The summed E-state index contributed by atoms with van der Waals surface area (Å²) in [4.78, 5) is 0. The molecular weight excluding hydrogens is 256 g/mol. The van der Waals surface area contributed by atoms with Crippen LogP contribution in [0.1, 0.15) is 53.0 Å². The molecule has 0 fully saturated rings. The van der Waals surface area contributed by atoms with Crippen LogP contribution in [0, 0.1) is 5.92 Å². The molecule has 0 radical (unpaired) electrons. The molecule has 0 aromatic heterocycles. The Hall–Kier alpha value is -1.50. The lowest BCUT2D eigenvalue weighted by Crippen LogP contribution is -2.00. The van der Waals surface area contributed by atoms with E-state index in [1.54, 1.807) is 0 Å². The van der Waals surface area contributed by atoms with Crippen LogP contribution < -0.4 is 4.74 Å². The summed E-state index contributed by atoms with van der Waals surface area (Å²) in [5.74, 6) is 1.53. The maximum Gasteiger partial charge on any atom is 0.119 e. The van der Waals surface area contributed by atoms with Gasteiger partial charge in [-0.2, -0.15) is 0 Å². The fraction of sp³-hybridized carbons (Fsp3) is 0.500. The zero-order valence-electron chi connectivity index (χ0n) is 14.3. The first-order valence-corrected chi connectivity index (χ1v) is 8.10. The molecule has 116 valence electrons. The van der Waals surface area contributed by atoms with Gasteiger partial charge in [0, 0.05) is 0 Å². The van der Waals surface area contributed by atoms with Gasteiger partial charge in [-0.05, 0) is 62.8 Å². The van der Waals surface area contributed by atoms with E-state index in [1.807, 2.05) is 0 Å². The minimum atomic E-state index is 0.581. The molecule has 0 spiro atoms. The molecule has 0 saturated heterocycles. The number of allylic oxidation sites excluding steroid dienone is 3. The molecule has 1 nitrogen and oxygen atoms in total. The van der Waals surface area contributed by atoms with Gasteiger partial charge < -0.3 is 4.74 Å². The molecule has 1 unspecified atom stereocenters. The third kappa shape index (κ3) is 6.66. The minimum Gasteiger partial charge on any atom is -0.490 e. The topological polar surface area (TPSA) is 9.23 Å². The second-order valence-electron chi connectivity index (χ2n) is 5.80. The Morgan fingerprint density at radius 3 is 2.33 bits per heavy atom. The van der Waals surface area contributed by atoms with E-state index in [1.165, 1.54) is 16.7 Å². The quantitative estimate of drug-likeness (QED) is 0.536. The van der Waals surface area contributed by atoms with Gasteiger partial charge >= 0.3 is 0 Å². The molecule has 1 aromatic rings. The highest BCUT2D eigenvalue weighted by Crippen LogP contribution is 2.17. The van der Waals surface area contributed by atoms with Crippen molar-refractivity contribution in [3.8, 4) is 5.75 Å². The standard InChI is InChI=1S/C20H30O/c1-6-16(3)8-9-17(4)18(5)14-15-21-20-12-10-19(7-2)11-13-20/h8,10-14,17H,6-7,9,15H2,1-5H3. The van der Waals surface area contributed by atoms with Gasteiger partial charge in [-0.1, -0.05) is 50.1 Å². The SMILES string of the molecule is CCC(C)=CCC(C)C(C)=CCOc1ccc(CC)cc1. The third-order valence-corrected chi connectivity index (χ3v) is 4.14. The molecule has 0 N–H and O–H groups in total. The van der Waals surface area contributed by atoms with Crippen LogP contribution in [-0.2, 0) is 6.42 Å². The van der Waals surface area contributed by atoms with Crippen LogP contribution in [0.25, 0.3) is 0 Å². The predicted molar refractivity (Wildman–Crippen MR) is 92.9 cm³/mol. The monoisotopic (exact) mass is 286 g/mol. The summed E-state index contributed by atoms with van der Waals surface area (Å²) in [6.07, 6.45) is 7.89. The van der Waals surface area contributed by atoms with Crippen LogP contribution in [0.4, 0.5) is 0 Å². The average molecular weight is 286 g/mol. The number of hydrogen-bond acceptors (Lipinski definition) is 1. The normalized spacial score (nSPS) is 14.1. The van der Waals surface area contributed by atoms with Crippen LogP contribution in [0.15, 0.2) is 47.6 Å². The lowest BCUT2D eigenvalue weighted by molar-refractivity contribution is 0.360. The molecule has 0 aliphatic carbocycles. The highest BCUT2D eigenvalue weighted by atomic mass is 16.5. The highest BCUT2D eigenvalue weighted by Gasteiger charge is 2.02. The van der Waals surface area contributed by atoms with Crippen molar-refractivity contribution in [2.45, 2.75) is 53.9 Å². The molecule has 0 amide bonds. The minimum absolute atomic E-state index is 0.581. The van der Waals surface area contributed by atoms with Crippen molar-refractivity contribution in [3.05, 3.63) is 53.1 Å². The lowest BCUT2D eigenvalue weighted by Gasteiger charge is -2.11. The molecule has 21 heavy (non-hydrogen) atoms. The summed E-state index contributed by atoms with van der Waals surface area (Å²) in [5.41, 5.74) is 4.23. The molecule has 1 rings (SSSR count). The maximum atomic E-state index is 5.78. The molecule has 0 aliphatic rings. The smallest absolute Gasteiger partial charge is 0.119 e. The molecule has 0 saturated carbocycles. The number of benzene rings is 1. The summed E-state index contributed by atoms with van der Waals surface area (Å²) in [6.45, 7) is 11.7. The molecule has 0 bridgehead atoms. The number of aryl methyl sites for hydroxylation is 1. The molecule has 1 aromatic carbocycles. The fourth-order valence-electron chi connectivity index (χ4n) is 2.00. The molecular formula is C20H30O. The van der Waals surface area contributed by atoms with Crippen molar-refractivity contribution in [1.82, 2.24) is 0 Å². The van der Waals surface area contributed by atoms with Crippen molar-refractivity contribution in [3.63, 3.8) is 0 Å². The Kier molecular flexibility index (Phi) is 7.89. The van der Waals surface area contributed by atoms with E-state index in [0.717, 1.165) is 25.0 Å². The van der Waals surface area contributed by atoms with E-state index in [-0.39, 0.29) is 0 Å². The van der Waals surface area contributed by atoms with Gasteiger partial charge in [0.2, 0.25) is 0 Å². The summed E-state index contributed by atoms with van der Waals surface area (Å²) in [7, 11) is 0. The van der Waals surface area contributed by atoms with Crippen LogP contribution in [0.2, 0.25) is 0 Å². The van der Waals surface area contributed by atoms with Gasteiger partial charge in [0.15, 0.2) is 0 Å². The van der Waals surface area contributed by atoms with Gasteiger partial charge in [0.1, 0.15) is 12.4 Å². The van der Waals surface area contributed by atoms with Crippen molar-refractivity contribution < 1.29 is 4.74 Å². The second kappa shape index (κ2) is 9.44. The van der Waals surface area contributed by atoms with Crippen LogP contribution in [0.5, 0.6) is 5.75 Å². The molecule has 1 atom stereocenters. The highest BCUT2D eigenvalue weighted by molar-refractivity contribution is 5.27. The van der Waals surface area contributed by atoms with E-state index >= 15 is 0 Å². The van der Waals surface area contributed by atoms with Gasteiger partial charge in [0.05, 0.1) is 0 Å². The van der Waals surface area contributed by atoms with Gasteiger partial charge in [-0.25, -0.2) is 0 Å². The van der Waals surface area contributed by atoms with Crippen LogP contribution >= 0.6 is 0 Å². The third-order valence-electron chi connectivity index (χ3n) is 4.14. The van der Waals surface area contributed by atoms with Gasteiger partial charge in [0.25, 0.3) is 0 Å². The predicted octanol–water partition coefficient (Wildman–Crippen LogP) is 5.96. The number of hydrogen-bond donors (Lipinski definition) is 0. The zero-order chi connectivity index (χ0) is 15.7. The Morgan fingerprint density at radius 2 is 1.76 bits per heavy atom. The van der Waals surface area contributed by atoms with E-state index in [4.69, 9.17) is 4.74 Å². The van der Waals surface area contributed by atoms with Crippen molar-refractivity contribution in [2.24, 2.45) is 5.92 Å². The summed E-state index contributed by atoms with van der Waals surface area (Å²) in [6, 6.07) is 8.37. The average Bonchev–Trinajstić information content (AvgIpc) is 2.52. The first-order chi connectivity index (χ1) is 10.1. The second-order valence-corrected chi connectivity index (χ2v) is 5.80. The first-order valence-electron chi connectivity index (χ1n) is 8.10. The Balaban J connectivity index is 2.43. The zero-order valence-corrected chi connectivity index (χ0v) is 14.3. The van der Waals surface area contributed by atoms with Gasteiger partial charge in [-0.15, -0.1) is 0 Å². The van der Waals surface area contributed by atoms with E-state index in [0.29, 0.717) is 12.5 Å². The van der Waals surface area contributed by atoms with Crippen LogP contribution in [-0.4, -0.2) is 6.61 Å². The van der Waals surface area contributed by atoms with Crippen molar-refractivity contribution >= 4 is 0 Å². The van der Waals surface area contributed by atoms with Crippen molar-refractivity contribution in [2.75, 3.05) is 6.61 Å². The maximum absolute atomic E-state index is 5.78. The lowest BCUT2D eigenvalue weighted by atomic mass is 9.97. The Labute approximate surface area is 130 Å². The van der Waals surface area contributed by atoms with E-state index in [9.17, 15) is 0 Å². The molecule has 0 heterocycles. The van der Waals surface area contributed by atoms with E-state index < -0.39 is 0 Å². The fourth-order valence-corrected chi connectivity index (χ4v) is 2.00. The van der Waals surface area contributed by atoms with Gasteiger partial charge in [-0.3, -0.25) is 0 Å². The summed E-state index contributed by atoms with van der Waals surface area (Å²) >= 11 is 0. The summed E-state index contributed by atoms with van der Waals surface area (Å²) in [5, 5.41) is 0. The number of ether oxygens (including phenoxy) is 1. The largest absolute Gasteiger partial charge is 0.490 e. The van der Waals surface area contributed by atoms with Crippen LogP contribution in [0.3, 0.4) is 0 Å². The Morgan fingerprint density at radius 1 is 1.10 bits per heavy atom. The first kappa shape index (κ1) is 17.6. The number of rotatable bonds is 8. The Bertz CT molecular complexity index is 465. The van der Waals surface area contributed by atoms with Crippen molar-refractivity contribution in [1.29, 1.82) is 0 Å². The molecule has 1 heteroatoms. The summed E-state index contributed by atoms with van der Waals surface area (Å²) < 4.78 is 5.78. The molecule has 0 aliphatic heterocycles.